The lowest BCUT2D eigenvalue weighted by atomic mass is 10.2. The monoisotopic (exact) mass is 343 g/mol. The highest BCUT2D eigenvalue weighted by atomic mass is 35.5. The SMILES string of the molecule is CN(C)c1nccc(N2CCN(c3ncc(C#N)cc3Cl)CC2)n1. The summed E-state index contributed by atoms with van der Waals surface area (Å²) in [6.45, 7) is 3.23. The molecule has 2 aromatic rings. The summed E-state index contributed by atoms with van der Waals surface area (Å²) < 4.78 is 0. The molecular formula is C16H18ClN7. The van der Waals surface area contributed by atoms with Gasteiger partial charge in [-0.1, -0.05) is 11.6 Å². The topological polar surface area (TPSA) is 72.2 Å². The van der Waals surface area contributed by atoms with Gasteiger partial charge < -0.3 is 14.7 Å². The summed E-state index contributed by atoms with van der Waals surface area (Å²) in [7, 11) is 3.85. The average Bonchev–Trinajstić information content (AvgIpc) is 2.62. The Kier molecular flexibility index (Phi) is 4.67. The van der Waals surface area contributed by atoms with E-state index in [9.17, 15) is 0 Å². The first kappa shape index (κ1) is 16.3. The van der Waals surface area contributed by atoms with Crippen LogP contribution in [0, 0.1) is 11.3 Å². The molecule has 0 radical (unpaired) electrons. The van der Waals surface area contributed by atoms with Gasteiger partial charge in [0.15, 0.2) is 0 Å². The minimum atomic E-state index is 0.472. The first-order chi connectivity index (χ1) is 11.6. The zero-order valence-electron chi connectivity index (χ0n) is 13.6. The standard InChI is InChI=1S/C16H18ClN7/c1-22(2)16-19-4-3-14(21-16)23-5-7-24(8-6-23)15-13(17)9-12(10-18)11-20-15/h3-4,9,11H,5-8H2,1-2H3. The van der Waals surface area contributed by atoms with E-state index in [0.717, 1.165) is 37.8 Å². The molecule has 1 aliphatic heterocycles. The molecule has 24 heavy (non-hydrogen) atoms. The molecule has 3 heterocycles. The van der Waals surface area contributed by atoms with Gasteiger partial charge in [0.2, 0.25) is 5.95 Å². The van der Waals surface area contributed by atoms with Gasteiger partial charge >= 0.3 is 0 Å². The lowest BCUT2D eigenvalue weighted by molar-refractivity contribution is 0.641. The number of hydrogen-bond donors (Lipinski definition) is 0. The molecule has 0 saturated carbocycles. The summed E-state index contributed by atoms with van der Waals surface area (Å²) in [5, 5.41) is 9.41. The number of nitrogens with zero attached hydrogens (tertiary/aromatic N) is 7. The number of halogens is 1. The highest BCUT2D eigenvalue weighted by Crippen LogP contribution is 2.26. The molecule has 0 aliphatic carbocycles. The number of nitriles is 1. The number of pyridine rings is 1. The quantitative estimate of drug-likeness (QED) is 0.841. The fourth-order valence-electron chi connectivity index (χ4n) is 2.60. The highest BCUT2D eigenvalue weighted by molar-refractivity contribution is 6.33. The number of rotatable bonds is 3. The van der Waals surface area contributed by atoms with E-state index in [1.165, 1.54) is 0 Å². The third-order valence-electron chi connectivity index (χ3n) is 3.88. The second-order valence-electron chi connectivity index (χ2n) is 5.72. The van der Waals surface area contributed by atoms with Crippen molar-refractivity contribution in [2.45, 2.75) is 0 Å². The van der Waals surface area contributed by atoms with E-state index >= 15 is 0 Å². The number of hydrogen-bond acceptors (Lipinski definition) is 7. The van der Waals surface area contributed by atoms with Crippen molar-refractivity contribution in [1.82, 2.24) is 15.0 Å². The Bertz CT molecular complexity index is 763. The van der Waals surface area contributed by atoms with Gasteiger partial charge in [-0.3, -0.25) is 0 Å². The van der Waals surface area contributed by atoms with Crippen LogP contribution in [0.1, 0.15) is 5.56 Å². The van der Waals surface area contributed by atoms with Crippen molar-refractivity contribution in [3.63, 3.8) is 0 Å². The average molecular weight is 344 g/mol. The summed E-state index contributed by atoms with van der Waals surface area (Å²) in [5.74, 6) is 2.35. The van der Waals surface area contributed by atoms with Gasteiger partial charge in [-0.05, 0) is 12.1 Å². The normalized spacial score (nSPS) is 14.4. The van der Waals surface area contributed by atoms with Crippen molar-refractivity contribution in [3.05, 3.63) is 35.1 Å². The molecule has 1 saturated heterocycles. The van der Waals surface area contributed by atoms with Crippen LogP contribution in [0.2, 0.25) is 5.02 Å². The Labute approximate surface area is 146 Å². The van der Waals surface area contributed by atoms with Gasteiger partial charge in [-0.2, -0.15) is 10.2 Å². The minimum absolute atomic E-state index is 0.472. The number of piperazine rings is 1. The summed E-state index contributed by atoms with van der Waals surface area (Å²) >= 11 is 6.26. The van der Waals surface area contributed by atoms with E-state index in [2.05, 4.69) is 24.8 Å². The molecule has 1 aliphatic rings. The Morgan fingerprint density at radius 2 is 1.88 bits per heavy atom. The third kappa shape index (κ3) is 3.34. The Hall–Kier alpha value is -2.59. The van der Waals surface area contributed by atoms with Gasteiger partial charge in [0, 0.05) is 52.7 Å². The predicted molar refractivity (Wildman–Crippen MR) is 94.7 cm³/mol. The summed E-state index contributed by atoms with van der Waals surface area (Å²) in [5.41, 5.74) is 0.472. The Morgan fingerprint density at radius 1 is 1.17 bits per heavy atom. The molecule has 124 valence electrons. The maximum atomic E-state index is 8.90. The van der Waals surface area contributed by atoms with Crippen LogP contribution in [0.25, 0.3) is 0 Å². The molecular weight excluding hydrogens is 326 g/mol. The fraction of sp³-hybridized carbons (Fsp3) is 0.375. The molecule has 8 heteroatoms. The Morgan fingerprint density at radius 3 is 2.50 bits per heavy atom. The number of aromatic nitrogens is 3. The second kappa shape index (κ2) is 6.89. The maximum Gasteiger partial charge on any atom is 0.226 e. The van der Waals surface area contributed by atoms with E-state index in [-0.39, 0.29) is 0 Å². The zero-order chi connectivity index (χ0) is 17.1. The van der Waals surface area contributed by atoms with Crippen LogP contribution in [-0.2, 0) is 0 Å². The van der Waals surface area contributed by atoms with Crippen molar-refractivity contribution in [2.24, 2.45) is 0 Å². The van der Waals surface area contributed by atoms with Crippen molar-refractivity contribution in [2.75, 3.05) is 55.0 Å². The lowest BCUT2D eigenvalue weighted by Gasteiger charge is -2.36. The van der Waals surface area contributed by atoms with Crippen LogP contribution >= 0.6 is 11.6 Å². The first-order valence-electron chi connectivity index (χ1n) is 7.64. The van der Waals surface area contributed by atoms with Crippen molar-refractivity contribution >= 4 is 29.2 Å². The predicted octanol–water partition coefficient (Wildman–Crippen LogP) is 1.79. The summed E-state index contributed by atoms with van der Waals surface area (Å²) in [6.07, 6.45) is 3.34. The van der Waals surface area contributed by atoms with E-state index in [1.54, 1.807) is 18.5 Å². The van der Waals surface area contributed by atoms with Crippen molar-refractivity contribution in [3.8, 4) is 6.07 Å². The molecule has 0 aromatic carbocycles. The summed E-state index contributed by atoms with van der Waals surface area (Å²) in [6, 6.07) is 5.63. The van der Waals surface area contributed by atoms with Crippen molar-refractivity contribution in [1.29, 1.82) is 5.26 Å². The highest BCUT2D eigenvalue weighted by Gasteiger charge is 2.21. The lowest BCUT2D eigenvalue weighted by Crippen LogP contribution is -2.47. The van der Waals surface area contributed by atoms with Gasteiger partial charge in [0.1, 0.15) is 17.7 Å². The maximum absolute atomic E-state index is 8.90. The zero-order valence-corrected chi connectivity index (χ0v) is 14.4. The van der Waals surface area contributed by atoms with Crippen molar-refractivity contribution < 1.29 is 0 Å². The van der Waals surface area contributed by atoms with Crippen LogP contribution < -0.4 is 14.7 Å². The van der Waals surface area contributed by atoms with E-state index in [1.807, 2.05) is 31.1 Å². The van der Waals surface area contributed by atoms with E-state index in [4.69, 9.17) is 16.9 Å². The summed E-state index contributed by atoms with van der Waals surface area (Å²) in [4.78, 5) is 19.4. The fourth-order valence-corrected chi connectivity index (χ4v) is 2.89. The molecule has 0 spiro atoms. The van der Waals surface area contributed by atoms with Gasteiger partial charge in [-0.25, -0.2) is 9.97 Å². The number of anilines is 3. The molecule has 2 aromatic heterocycles. The van der Waals surface area contributed by atoms with Crippen LogP contribution in [0.15, 0.2) is 24.5 Å². The largest absolute Gasteiger partial charge is 0.353 e. The van der Waals surface area contributed by atoms with Crippen LogP contribution in [-0.4, -0.2) is 55.2 Å². The van der Waals surface area contributed by atoms with Crippen LogP contribution in [0.5, 0.6) is 0 Å². The van der Waals surface area contributed by atoms with E-state index in [0.29, 0.717) is 16.5 Å². The van der Waals surface area contributed by atoms with Gasteiger partial charge in [0.05, 0.1) is 10.6 Å². The molecule has 0 N–H and O–H groups in total. The molecule has 1 fully saturated rings. The Balaban J connectivity index is 1.70. The van der Waals surface area contributed by atoms with Gasteiger partial charge in [0.25, 0.3) is 0 Å². The van der Waals surface area contributed by atoms with Crippen LogP contribution in [0.3, 0.4) is 0 Å². The molecule has 0 amide bonds. The minimum Gasteiger partial charge on any atom is -0.353 e. The molecule has 3 rings (SSSR count). The molecule has 0 unspecified atom stereocenters. The first-order valence-corrected chi connectivity index (χ1v) is 8.02. The molecule has 0 bridgehead atoms. The smallest absolute Gasteiger partial charge is 0.226 e. The molecule has 0 atom stereocenters. The third-order valence-corrected chi connectivity index (χ3v) is 4.16. The van der Waals surface area contributed by atoms with Crippen LogP contribution in [0.4, 0.5) is 17.6 Å². The molecule has 7 nitrogen and oxygen atoms in total. The van der Waals surface area contributed by atoms with Gasteiger partial charge in [-0.15, -0.1) is 0 Å². The van der Waals surface area contributed by atoms with E-state index < -0.39 is 0 Å². The second-order valence-corrected chi connectivity index (χ2v) is 6.13.